The number of primary amides is 1. The number of rotatable bonds is 9. The number of nitrogens with two attached hydrogens (primary N) is 1. The Labute approximate surface area is 120 Å². The van der Waals surface area contributed by atoms with Crippen molar-refractivity contribution in [3.05, 3.63) is 23.8 Å². The molecule has 5 heteroatoms. The third kappa shape index (κ3) is 4.42. The van der Waals surface area contributed by atoms with E-state index in [1.807, 2.05) is 25.1 Å². The summed E-state index contributed by atoms with van der Waals surface area (Å²) in [4.78, 5) is 11.3. The third-order valence-corrected chi connectivity index (χ3v) is 2.97. The predicted octanol–water partition coefficient (Wildman–Crippen LogP) is 1.84. The first kappa shape index (κ1) is 16.3. The van der Waals surface area contributed by atoms with Crippen LogP contribution in [0.4, 0.5) is 0 Å². The number of hydrogen-bond donors (Lipinski definition) is 2. The molecule has 0 aliphatic heterocycles. The summed E-state index contributed by atoms with van der Waals surface area (Å²) in [6.07, 6.45) is 0.935. The highest BCUT2D eigenvalue weighted by molar-refractivity contribution is 5.79. The minimum Gasteiger partial charge on any atom is -0.493 e. The lowest BCUT2D eigenvalue weighted by molar-refractivity contribution is -0.124. The lowest BCUT2D eigenvalue weighted by Crippen LogP contribution is -2.33. The highest BCUT2D eigenvalue weighted by atomic mass is 16.5. The number of carbonyl (C=O) groups is 1. The number of ether oxygens (including phenoxy) is 2. The highest BCUT2D eigenvalue weighted by Gasteiger charge is 2.19. The zero-order valence-electron chi connectivity index (χ0n) is 12.4. The maximum Gasteiger partial charge on any atom is 0.258 e. The van der Waals surface area contributed by atoms with Crippen LogP contribution in [0.1, 0.15) is 32.3 Å². The van der Waals surface area contributed by atoms with Crippen molar-refractivity contribution < 1.29 is 14.3 Å². The molecule has 1 atom stereocenters. The van der Waals surface area contributed by atoms with Crippen molar-refractivity contribution in [2.24, 2.45) is 5.73 Å². The summed E-state index contributed by atoms with van der Waals surface area (Å²) in [5.74, 6) is 0.732. The van der Waals surface area contributed by atoms with Crippen LogP contribution in [0.15, 0.2) is 18.2 Å². The standard InChI is InChI=1S/C15H24N2O3/c1-4-9-17-10-11-7-6-8-13(19-3)14(11)20-12(5-2)15(16)18/h6-8,12,17H,4-5,9-10H2,1-3H3,(H2,16,18). The van der Waals surface area contributed by atoms with Crippen molar-refractivity contribution in [1.29, 1.82) is 0 Å². The Balaban J connectivity index is 2.96. The molecule has 0 aromatic heterocycles. The lowest BCUT2D eigenvalue weighted by atomic mass is 10.1. The lowest BCUT2D eigenvalue weighted by Gasteiger charge is -2.19. The van der Waals surface area contributed by atoms with Crippen LogP contribution in [-0.4, -0.2) is 25.7 Å². The van der Waals surface area contributed by atoms with E-state index in [-0.39, 0.29) is 0 Å². The van der Waals surface area contributed by atoms with Crippen LogP contribution in [-0.2, 0) is 11.3 Å². The monoisotopic (exact) mass is 280 g/mol. The molecule has 0 aliphatic carbocycles. The van der Waals surface area contributed by atoms with Gasteiger partial charge in [0.05, 0.1) is 7.11 Å². The maximum atomic E-state index is 11.3. The van der Waals surface area contributed by atoms with Gasteiger partial charge in [0.2, 0.25) is 0 Å². The Morgan fingerprint density at radius 3 is 2.70 bits per heavy atom. The van der Waals surface area contributed by atoms with Gasteiger partial charge in [-0.15, -0.1) is 0 Å². The first-order chi connectivity index (χ1) is 9.63. The largest absolute Gasteiger partial charge is 0.493 e. The van der Waals surface area contributed by atoms with Crippen molar-refractivity contribution >= 4 is 5.91 Å². The normalized spacial score (nSPS) is 11.9. The van der Waals surface area contributed by atoms with E-state index < -0.39 is 12.0 Å². The molecule has 1 unspecified atom stereocenters. The second-order valence-corrected chi connectivity index (χ2v) is 4.54. The number of amides is 1. The molecule has 112 valence electrons. The smallest absolute Gasteiger partial charge is 0.258 e. The van der Waals surface area contributed by atoms with Crippen molar-refractivity contribution in [1.82, 2.24) is 5.32 Å². The van der Waals surface area contributed by atoms with E-state index in [9.17, 15) is 4.79 Å². The van der Waals surface area contributed by atoms with E-state index >= 15 is 0 Å². The van der Waals surface area contributed by atoms with Gasteiger partial charge in [0, 0.05) is 12.1 Å². The van der Waals surface area contributed by atoms with Crippen LogP contribution in [0.2, 0.25) is 0 Å². The molecular formula is C15H24N2O3. The van der Waals surface area contributed by atoms with E-state index in [0.29, 0.717) is 24.5 Å². The van der Waals surface area contributed by atoms with E-state index in [2.05, 4.69) is 12.2 Å². The van der Waals surface area contributed by atoms with Crippen molar-refractivity contribution in [2.75, 3.05) is 13.7 Å². The molecule has 0 heterocycles. The van der Waals surface area contributed by atoms with Crippen LogP contribution in [0, 0.1) is 0 Å². The molecular weight excluding hydrogens is 256 g/mol. The average Bonchev–Trinajstić information content (AvgIpc) is 2.45. The molecule has 20 heavy (non-hydrogen) atoms. The molecule has 1 aromatic rings. The molecule has 3 N–H and O–H groups in total. The van der Waals surface area contributed by atoms with E-state index in [1.54, 1.807) is 7.11 Å². The minimum absolute atomic E-state index is 0.467. The molecule has 0 fully saturated rings. The van der Waals surface area contributed by atoms with Gasteiger partial charge in [-0.3, -0.25) is 4.79 Å². The fourth-order valence-electron chi connectivity index (χ4n) is 1.88. The van der Waals surface area contributed by atoms with Gasteiger partial charge in [-0.1, -0.05) is 26.0 Å². The van der Waals surface area contributed by atoms with Crippen LogP contribution in [0.5, 0.6) is 11.5 Å². The van der Waals surface area contributed by atoms with Gasteiger partial charge >= 0.3 is 0 Å². The van der Waals surface area contributed by atoms with Gasteiger partial charge < -0.3 is 20.5 Å². The van der Waals surface area contributed by atoms with Crippen molar-refractivity contribution in [2.45, 2.75) is 39.3 Å². The van der Waals surface area contributed by atoms with E-state index in [4.69, 9.17) is 15.2 Å². The summed E-state index contributed by atoms with van der Waals surface area (Å²) in [5.41, 5.74) is 6.29. The molecule has 1 amide bonds. The quantitative estimate of drug-likeness (QED) is 0.677. The summed E-state index contributed by atoms with van der Waals surface area (Å²) < 4.78 is 11.1. The zero-order chi connectivity index (χ0) is 15.0. The Morgan fingerprint density at radius 1 is 1.40 bits per heavy atom. The van der Waals surface area contributed by atoms with Gasteiger partial charge in [0.15, 0.2) is 17.6 Å². The predicted molar refractivity (Wildman–Crippen MR) is 78.9 cm³/mol. The molecule has 1 aromatic carbocycles. The Morgan fingerprint density at radius 2 is 2.15 bits per heavy atom. The van der Waals surface area contributed by atoms with Crippen LogP contribution >= 0.6 is 0 Å². The van der Waals surface area contributed by atoms with Crippen molar-refractivity contribution in [3.8, 4) is 11.5 Å². The van der Waals surface area contributed by atoms with Crippen LogP contribution in [0.3, 0.4) is 0 Å². The fourth-order valence-corrected chi connectivity index (χ4v) is 1.88. The van der Waals surface area contributed by atoms with Crippen LogP contribution < -0.4 is 20.5 Å². The number of methoxy groups -OCH3 is 1. The molecule has 0 aliphatic rings. The maximum absolute atomic E-state index is 11.3. The molecule has 0 saturated heterocycles. The number of carbonyl (C=O) groups excluding carboxylic acids is 1. The molecule has 0 radical (unpaired) electrons. The number of benzene rings is 1. The van der Waals surface area contributed by atoms with Gasteiger partial charge in [0.1, 0.15) is 0 Å². The summed E-state index contributed by atoms with van der Waals surface area (Å²) >= 11 is 0. The Bertz CT molecular complexity index is 435. The molecule has 0 spiro atoms. The highest BCUT2D eigenvalue weighted by Crippen LogP contribution is 2.32. The van der Waals surface area contributed by atoms with Gasteiger partial charge in [0.25, 0.3) is 5.91 Å². The third-order valence-electron chi connectivity index (χ3n) is 2.97. The fraction of sp³-hybridized carbons (Fsp3) is 0.533. The van der Waals surface area contributed by atoms with Gasteiger partial charge in [-0.2, -0.15) is 0 Å². The second-order valence-electron chi connectivity index (χ2n) is 4.54. The van der Waals surface area contributed by atoms with E-state index in [0.717, 1.165) is 18.5 Å². The van der Waals surface area contributed by atoms with E-state index in [1.165, 1.54) is 0 Å². The number of para-hydroxylation sites is 1. The van der Waals surface area contributed by atoms with Gasteiger partial charge in [-0.05, 0) is 25.5 Å². The number of nitrogens with one attached hydrogen (secondary N) is 1. The molecule has 5 nitrogen and oxygen atoms in total. The average molecular weight is 280 g/mol. The SMILES string of the molecule is CCCNCc1cccc(OC)c1OC(CC)C(N)=O. The minimum atomic E-state index is -0.642. The topological polar surface area (TPSA) is 73.6 Å². The zero-order valence-corrected chi connectivity index (χ0v) is 12.4. The second kappa shape index (κ2) is 8.43. The van der Waals surface area contributed by atoms with Crippen molar-refractivity contribution in [3.63, 3.8) is 0 Å². The summed E-state index contributed by atoms with van der Waals surface area (Å²) in [7, 11) is 1.58. The Hall–Kier alpha value is -1.75. The van der Waals surface area contributed by atoms with Crippen LogP contribution in [0.25, 0.3) is 0 Å². The molecule has 1 rings (SSSR count). The van der Waals surface area contributed by atoms with Gasteiger partial charge in [-0.25, -0.2) is 0 Å². The first-order valence-corrected chi connectivity index (χ1v) is 6.96. The molecule has 0 saturated carbocycles. The molecule has 0 bridgehead atoms. The Kier molecular flexibility index (Phi) is 6.87. The number of hydrogen-bond acceptors (Lipinski definition) is 4. The summed E-state index contributed by atoms with van der Waals surface area (Å²) in [6, 6.07) is 5.67. The first-order valence-electron chi connectivity index (χ1n) is 6.96. The summed E-state index contributed by atoms with van der Waals surface area (Å²) in [5, 5.41) is 3.31. The summed E-state index contributed by atoms with van der Waals surface area (Å²) in [6.45, 7) is 5.55.